The molecule has 4 aliphatic rings. The van der Waals surface area contributed by atoms with Crippen LogP contribution in [0.15, 0.2) is 54.6 Å². The maximum atomic E-state index is 14.9. The minimum atomic E-state index is -0.893. The van der Waals surface area contributed by atoms with Crippen molar-refractivity contribution in [2.24, 2.45) is 17.3 Å². The minimum Gasteiger partial charge on any atom is -0.394 e. The van der Waals surface area contributed by atoms with Gasteiger partial charge in [-0.15, -0.1) is 11.8 Å². The lowest BCUT2D eigenvalue weighted by Crippen LogP contribution is -2.60. The van der Waals surface area contributed by atoms with Crippen molar-refractivity contribution in [3.63, 3.8) is 0 Å². The van der Waals surface area contributed by atoms with Gasteiger partial charge in [-0.2, -0.15) is 0 Å². The minimum absolute atomic E-state index is 0.00574. The molecule has 6 atom stereocenters. The van der Waals surface area contributed by atoms with Crippen molar-refractivity contribution in [3.8, 4) is 0 Å². The predicted molar refractivity (Wildman–Crippen MR) is 168 cm³/mol. The summed E-state index contributed by atoms with van der Waals surface area (Å²) in [5.74, 6) is -1.52. The van der Waals surface area contributed by atoms with Gasteiger partial charge in [-0.05, 0) is 44.1 Å². The van der Waals surface area contributed by atoms with Gasteiger partial charge in [0, 0.05) is 30.4 Å². The second-order valence-electron chi connectivity index (χ2n) is 14.2. The summed E-state index contributed by atoms with van der Waals surface area (Å²) in [5.41, 5.74) is 0.513. The fourth-order valence-corrected chi connectivity index (χ4v) is 10.1. The molecule has 2 saturated heterocycles. The molecule has 0 aliphatic carbocycles. The quantitative estimate of drug-likeness (QED) is 0.455. The topological polar surface area (TPSA) is 81.2 Å². The summed E-state index contributed by atoms with van der Waals surface area (Å²) in [7, 11) is 0. The first-order valence-corrected chi connectivity index (χ1v) is 16.3. The van der Waals surface area contributed by atoms with Gasteiger partial charge in [0.15, 0.2) is 0 Å². The number of thioether (sulfide) groups is 1. The number of nitrogens with zero attached hydrogens (tertiary/aromatic N) is 3. The van der Waals surface area contributed by atoms with E-state index in [-0.39, 0.29) is 35.0 Å². The molecule has 3 amide bonds. The number of carbonyl (C=O) groups is 3. The molecule has 228 valence electrons. The highest BCUT2D eigenvalue weighted by Crippen LogP contribution is 2.61. The van der Waals surface area contributed by atoms with Gasteiger partial charge < -0.3 is 19.8 Å². The molecule has 1 N–H and O–H groups in total. The monoisotopic (exact) mass is 593 g/mol. The van der Waals surface area contributed by atoms with Crippen LogP contribution >= 0.6 is 11.8 Å². The zero-order valence-electron chi connectivity index (χ0n) is 26.0. The molecule has 0 radical (unpaired) electrons. The van der Waals surface area contributed by atoms with E-state index < -0.39 is 34.2 Å². The smallest absolute Gasteiger partial charge is 0.247 e. The Labute approximate surface area is 255 Å². The average molecular weight is 594 g/mol. The van der Waals surface area contributed by atoms with E-state index in [4.69, 9.17) is 0 Å². The van der Waals surface area contributed by atoms with E-state index in [0.29, 0.717) is 26.1 Å². The Morgan fingerprint density at radius 3 is 2.36 bits per heavy atom. The zero-order chi connectivity index (χ0) is 30.4. The van der Waals surface area contributed by atoms with E-state index >= 15 is 0 Å². The van der Waals surface area contributed by atoms with Gasteiger partial charge in [-0.1, -0.05) is 82.3 Å². The number of aliphatic hydroxyl groups excluding tert-OH is 1. The fourth-order valence-electron chi connectivity index (χ4n) is 8.07. The first kappa shape index (κ1) is 30.9. The number of carbonyl (C=O) groups excluding carboxylic acids is 3. The molecule has 1 unspecified atom stereocenters. The molecule has 42 heavy (non-hydrogen) atoms. The fraction of sp³-hybridized carbons (Fsp3) is 0.618. The van der Waals surface area contributed by atoms with Crippen LogP contribution in [0.4, 0.5) is 0 Å². The van der Waals surface area contributed by atoms with Crippen molar-refractivity contribution in [2.45, 2.75) is 88.4 Å². The second-order valence-corrected chi connectivity index (χ2v) is 15.7. The van der Waals surface area contributed by atoms with Crippen molar-refractivity contribution in [1.29, 1.82) is 0 Å². The SMILES string of the molecule is CCCN1CC=C[C@@H]2S[C@]34C=CCN(C(C)(C)CC(C)(C)C)C(=O)C3N([C@@H](CO)Cc3ccccc3)C(=O)[C@@H]4[C@@H]2C1=O. The zero-order valence-corrected chi connectivity index (χ0v) is 26.8. The summed E-state index contributed by atoms with van der Waals surface area (Å²) in [6, 6.07) is 8.41. The number of aliphatic hydroxyl groups is 1. The van der Waals surface area contributed by atoms with Gasteiger partial charge in [-0.25, -0.2) is 0 Å². The third kappa shape index (κ3) is 5.34. The molecule has 2 fully saturated rings. The molecule has 0 aromatic heterocycles. The van der Waals surface area contributed by atoms with Gasteiger partial charge >= 0.3 is 0 Å². The van der Waals surface area contributed by atoms with Gasteiger partial charge in [0.1, 0.15) is 6.04 Å². The van der Waals surface area contributed by atoms with Crippen LogP contribution in [0.25, 0.3) is 0 Å². The number of amides is 3. The molecular weight excluding hydrogens is 546 g/mol. The average Bonchev–Trinajstić information content (AvgIpc) is 3.23. The third-order valence-corrected chi connectivity index (χ3v) is 11.0. The lowest BCUT2D eigenvalue weighted by atomic mass is 9.77. The van der Waals surface area contributed by atoms with Crippen molar-refractivity contribution in [3.05, 3.63) is 60.2 Å². The van der Waals surface area contributed by atoms with Gasteiger partial charge in [-0.3, -0.25) is 14.4 Å². The Morgan fingerprint density at radius 1 is 1.00 bits per heavy atom. The standard InChI is InChI=1S/C34H47N3O4S/c1-7-17-35-18-11-15-25-26(29(35)39)27-30(40)37(24(21-38)20-23-13-9-8-10-14-23)28-31(41)36(19-12-16-34(27,28)42-25)33(5,6)22-32(2,3)4/h8-16,24-28,38H,7,17-22H2,1-6H3/t24-,25+,26-,27+,28?,34+/m1/s1. The van der Waals surface area contributed by atoms with Gasteiger partial charge in [0.05, 0.1) is 29.2 Å². The number of hydrogen-bond acceptors (Lipinski definition) is 5. The molecule has 0 bridgehead atoms. The molecule has 4 aliphatic heterocycles. The van der Waals surface area contributed by atoms with E-state index in [2.05, 4.69) is 53.7 Å². The summed E-state index contributed by atoms with van der Waals surface area (Å²) in [6.07, 6.45) is 10.3. The first-order valence-electron chi connectivity index (χ1n) is 15.4. The highest BCUT2D eigenvalue weighted by Gasteiger charge is 2.72. The van der Waals surface area contributed by atoms with Crippen LogP contribution in [0.1, 0.15) is 59.9 Å². The maximum absolute atomic E-state index is 14.9. The van der Waals surface area contributed by atoms with Crippen LogP contribution in [0.2, 0.25) is 0 Å². The highest BCUT2D eigenvalue weighted by atomic mass is 32.2. The largest absolute Gasteiger partial charge is 0.394 e. The number of fused-ring (bicyclic) bond motifs is 2. The Morgan fingerprint density at radius 2 is 1.71 bits per heavy atom. The van der Waals surface area contributed by atoms with Gasteiger partial charge in [0.2, 0.25) is 17.7 Å². The Kier molecular flexibility index (Phi) is 8.45. The Bertz CT molecular complexity index is 1250. The number of benzene rings is 1. The lowest BCUT2D eigenvalue weighted by Gasteiger charge is -2.45. The molecule has 0 saturated carbocycles. The summed E-state index contributed by atoms with van der Waals surface area (Å²) < 4.78 is -0.893. The summed E-state index contributed by atoms with van der Waals surface area (Å²) >= 11 is 1.61. The van der Waals surface area contributed by atoms with Crippen molar-refractivity contribution in [1.82, 2.24) is 14.7 Å². The molecule has 5 rings (SSSR count). The molecule has 7 nitrogen and oxygen atoms in total. The first-order chi connectivity index (χ1) is 19.8. The molecule has 8 heteroatoms. The van der Waals surface area contributed by atoms with Crippen molar-refractivity contribution < 1.29 is 19.5 Å². The molecule has 1 aromatic rings. The molecular formula is C34H47N3O4S. The molecule has 1 spiro atoms. The van der Waals surface area contributed by atoms with Gasteiger partial charge in [0.25, 0.3) is 0 Å². The van der Waals surface area contributed by atoms with Crippen LogP contribution in [-0.2, 0) is 20.8 Å². The normalized spacial score (nSPS) is 30.3. The summed E-state index contributed by atoms with van der Waals surface area (Å²) in [4.78, 5) is 49.3. The van der Waals surface area contributed by atoms with Crippen LogP contribution < -0.4 is 0 Å². The van der Waals surface area contributed by atoms with E-state index in [1.54, 1.807) is 16.7 Å². The van der Waals surface area contributed by atoms with Crippen LogP contribution in [-0.4, -0.2) is 91.4 Å². The Hall–Kier alpha value is -2.58. The van der Waals surface area contributed by atoms with E-state index in [0.717, 1.165) is 18.4 Å². The van der Waals surface area contributed by atoms with E-state index in [1.165, 1.54) is 0 Å². The van der Waals surface area contributed by atoms with E-state index in [9.17, 15) is 19.5 Å². The third-order valence-electron chi connectivity index (χ3n) is 9.29. The number of likely N-dealkylation sites (tertiary alicyclic amines) is 1. The maximum Gasteiger partial charge on any atom is 0.247 e. The van der Waals surface area contributed by atoms with Crippen LogP contribution in [0.3, 0.4) is 0 Å². The highest BCUT2D eigenvalue weighted by molar-refractivity contribution is 8.02. The number of rotatable bonds is 8. The summed E-state index contributed by atoms with van der Waals surface area (Å²) in [6.45, 7) is 14.2. The molecule has 4 heterocycles. The molecule has 1 aromatic carbocycles. The summed E-state index contributed by atoms with van der Waals surface area (Å²) in [5, 5.41) is 10.6. The van der Waals surface area contributed by atoms with E-state index in [1.807, 2.05) is 52.3 Å². The van der Waals surface area contributed by atoms with Crippen LogP contribution in [0.5, 0.6) is 0 Å². The predicted octanol–water partition coefficient (Wildman–Crippen LogP) is 4.31. The number of hydrogen-bond donors (Lipinski definition) is 1. The van der Waals surface area contributed by atoms with Crippen LogP contribution in [0, 0.1) is 17.3 Å². The second kappa shape index (κ2) is 11.5. The van der Waals surface area contributed by atoms with Crippen molar-refractivity contribution in [2.75, 3.05) is 26.2 Å². The lowest BCUT2D eigenvalue weighted by molar-refractivity contribution is -0.149. The Balaban J connectivity index is 1.62. The van der Waals surface area contributed by atoms with Crippen molar-refractivity contribution >= 4 is 29.5 Å².